The van der Waals surface area contributed by atoms with E-state index in [1.165, 1.54) is 21.1 Å². The van der Waals surface area contributed by atoms with Crippen molar-refractivity contribution < 1.29 is 22.9 Å². The SMILES string of the molecule is CCCN(C)C(=O)c1nn(CC)c(Oc2ccc([N+](=O)[O-])cc2S(=O)(=O)N2CCCC2)c1C. The van der Waals surface area contributed by atoms with Crippen LogP contribution in [0.15, 0.2) is 23.1 Å². The summed E-state index contributed by atoms with van der Waals surface area (Å²) in [5.41, 5.74) is 0.333. The highest BCUT2D eigenvalue weighted by molar-refractivity contribution is 7.89. The number of nitro benzene ring substituents is 1. The predicted octanol–water partition coefficient (Wildman–Crippen LogP) is 3.18. The number of hydrogen-bond acceptors (Lipinski definition) is 7. The largest absolute Gasteiger partial charge is 0.438 e. The molecule has 2 heterocycles. The lowest BCUT2D eigenvalue weighted by molar-refractivity contribution is -0.385. The number of aromatic nitrogens is 2. The van der Waals surface area contributed by atoms with Gasteiger partial charge in [-0.3, -0.25) is 14.9 Å². The highest BCUT2D eigenvalue weighted by Crippen LogP contribution is 2.36. The topological polar surface area (TPSA) is 128 Å². The molecule has 11 nitrogen and oxygen atoms in total. The molecule has 0 bridgehead atoms. The molecule has 0 N–H and O–H groups in total. The Kier molecular flexibility index (Phi) is 7.38. The summed E-state index contributed by atoms with van der Waals surface area (Å²) in [6.07, 6.45) is 2.24. The van der Waals surface area contributed by atoms with Crippen molar-refractivity contribution >= 4 is 21.6 Å². The number of non-ortho nitro benzene ring substituents is 1. The van der Waals surface area contributed by atoms with E-state index in [9.17, 15) is 23.3 Å². The Morgan fingerprint density at radius 1 is 1.27 bits per heavy atom. The van der Waals surface area contributed by atoms with Gasteiger partial charge in [-0.25, -0.2) is 13.1 Å². The predicted molar refractivity (Wildman–Crippen MR) is 121 cm³/mol. The van der Waals surface area contributed by atoms with Gasteiger partial charge >= 0.3 is 0 Å². The van der Waals surface area contributed by atoms with E-state index in [-0.39, 0.29) is 33.8 Å². The number of carbonyl (C=O) groups is 1. The Bertz CT molecular complexity index is 1150. The smallest absolute Gasteiger partial charge is 0.274 e. The summed E-state index contributed by atoms with van der Waals surface area (Å²) in [4.78, 5) is 24.8. The molecule has 0 spiro atoms. The lowest BCUT2D eigenvalue weighted by Gasteiger charge is -2.18. The van der Waals surface area contributed by atoms with E-state index in [1.54, 1.807) is 18.9 Å². The molecule has 1 fully saturated rings. The number of nitro groups is 1. The Morgan fingerprint density at radius 2 is 1.94 bits per heavy atom. The zero-order chi connectivity index (χ0) is 24.3. The van der Waals surface area contributed by atoms with Gasteiger partial charge < -0.3 is 9.64 Å². The second kappa shape index (κ2) is 9.87. The van der Waals surface area contributed by atoms with E-state index in [0.29, 0.717) is 31.7 Å². The lowest BCUT2D eigenvalue weighted by atomic mass is 10.2. The molecule has 1 saturated heterocycles. The van der Waals surface area contributed by atoms with Gasteiger partial charge in [-0.15, -0.1) is 0 Å². The fourth-order valence-corrected chi connectivity index (χ4v) is 5.42. The van der Waals surface area contributed by atoms with Crippen molar-refractivity contribution in [1.29, 1.82) is 0 Å². The van der Waals surface area contributed by atoms with E-state index in [4.69, 9.17) is 4.74 Å². The molecular weight excluding hydrogens is 450 g/mol. The van der Waals surface area contributed by atoms with Gasteiger partial charge in [0.25, 0.3) is 11.6 Å². The Hall–Kier alpha value is -2.99. The standard InChI is InChI=1S/C21H29N5O6S/c1-5-11-23(4)20(27)19-15(3)21(25(6-2)22-19)32-17-10-9-16(26(28)29)14-18(17)33(30,31)24-12-7-8-13-24/h9-10,14H,5-8,11-13H2,1-4H3. The van der Waals surface area contributed by atoms with Crippen LogP contribution in [0.1, 0.15) is 49.2 Å². The molecule has 1 aliphatic heterocycles. The van der Waals surface area contributed by atoms with Gasteiger partial charge in [0.2, 0.25) is 15.9 Å². The molecule has 0 atom stereocenters. The minimum Gasteiger partial charge on any atom is -0.438 e. The van der Waals surface area contributed by atoms with E-state index in [1.807, 2.05) is 13.8 Å². The summed E-state index contributed by atoms with van der Waals surface area (Å²) in [6.45, 7) is 7.10. The first-order valence-corrected chi connectivity index (χ1v) is 12.3. The first kappa shape index (κ1) is 24.6. The minimum absolute atomic E-state index is 0.0499. The second-order valence-corrected chi connectivity index (χ2v) is 9.83. The molecule has 12 heteroatoms. The molecule has 3 rings (SSSR count). The van der Waals surface area contributed by atoms with Crippen LogP contribution in [0.25, 0.3) is 0 Å². The first-order chi connectivity index (χ1) is 15.6. The number of hydrogen-bond donors (Lipinski definition) is 0. The molecule has 1 aromatic carbocycles. The van der Waals surface area contributed by atoms with Crippen LogP contribution in [0, 0.1) is 17.0 Å². The van der Waals surface area contributed by atoms with Crippen molar-refractivity contribution in [3.63, 3.8) is 0 Å². The maximum absolute atomic E-state index is 13.3. The highest BCUT2D eigenvalue weighted by Gasteiger charge is 2.33. The van der Waals surface area contributed by atoms with Crippen LogP contribution in [0.2, 0.25) is 0 Å². The normalized spacial score (nSPS) is 14.4. The third-order valence-electron chi connectivity index (χ3n) is 5.57. The zero-order valence-corrected chi connectivity index (χ0v) is 20.1. The fraction of sp³-hybridized carbons (Fsp3) is 0.524. The molecular formula is C21H29N5O6S. The summed E-state index contributed by atoms with van der Waals surface area (Å²) < 4.78 is 35.3. The van der Waals surface area contributed by atoms with Crippen LogP contribution in [0.4, 0.5) is 5.69 Å². The lowest BCUT2D eigenvalue weighted by Crippen LogP contribution is -2.28. The number of amides is 1. The monoisotopic (exact) mass is 479 g/mol. The van der Waals surface area contributed by atoms with Gasteiger partial charge in [0.05, 0.1) is 4.92 Å². The van der Waals surface area contributed by atoms with Crippen LogP contribution >= 0.6 is 0 Å². The molecule has 0 aliphatic carbocycles. The third kappa shape index (κ3) is 4.86. The Balaban J connectivity index is 2.08. The van der Waals surface area contributed by atoms with Crippen LogP contribution in [0.5, 0.6) is 11.6 Å². The summed E-state index contributed by atoms with van der Waals surface area (Å²) in [6, 6.07) is 3.49. The van der Waals surface area contributed by atoms with Crippen LogP contribution in [-0.2, 0) is 16.6 Å². The zero-order valence-electron chi connectivity index (χ0n) is 19.3. The molecule has 33 heavy (non-hydrogen) atoms. The van der Waals surface area contributed by atoms with Crippen molar-refractivity contribution in [3.8, 4) is 11.6 Å². The number of nitrogens with zero attached hydrogens (tertiary/aromatic N) is 5. The van der Waals surface area contributed by atoms with Gasteiger partial charge in [0.15, 0.2) is 5.69 Å². The fourth-order valence-electron chi connectivity index (χ4n) is 3.77. The summed E-state index contributed by atoms with van der Waals surface area (Å²) in [7, 11) is -2.32. The number of carbonyl (C=O) groups excluding carboxylic acids is 1. The van der Waals surface area contributed by atoms with Crippen molar-refractivity contribution in [1.82, 2.24) is 19.0 Å². The number of rotatable bonds is 9. The highest BCUT2D eigenvalue weighted by atomic mass is 32.2. The van der Waals surface area contributed by atoms with E-state index in [2.05, 4.69) is 5.10 Å². The van der Waals surface area contributed by atoms with Crippen molar-refractivity contribution in [2.24, 2.45) is 0 Å². The van der Waals surface area contributed by atoms with Gasteiger partial charge in [0, 0.05) is 50.9 Å². The molecule has 0 unspecified atom stereocenters. The van der Waals surface area contributed by atoms with Gasteiger partial charge in [-0.1, -0.05) is 6.92 Å². The molecule has 1 amide bonds. The number of sulfonamides is 1. The van der Waals surface area contributed by atoms with Crippen LogP contribution in [0.3, 0.4) is 0 Å². The Labute approximate surface area is 193 Å². The second-order valence-electron chi connectivity index (χ2n) is 7.92. The molecule has 1 aromatic heterocycles. The number of aryl methyl sites for hydroxylation is 1. The van der Waals surface area contributed by atoms with Crippen molar-refractivity contribution in [2.45, 2.75) is 51.5 Å². The summed E-state index contributed by atoms with van der Waals surface area (Å²) in [5.74, 6) is -0.0939. The summed E-state index contributed by atoms with van der Waals surface area (Å²) >= 11 is 0. The molecule has 2 aromatic rings. The van der Waals surface area contributed by atoms with Gasteiger partial charge in [0.1, 0.15) is 10.6 Å². The maximum atomic E-state index is 13.3. The van der Waals surface area contributed by atoms with Crippen molar-refractivity contribution in [2.75, 3.05) is 26.7 Å². The number of ether oxygens (including phenoxy) is 1. The average molecular weight is 480 g/mol. The van der Waals surface area contributed by atoms with E-state index in [0.717, 1.165) is 25.3 Å². The first-order valence-electron chi connectivity index (χ1n) is 10.9. The molecule has 1 aliphatic rings. The molecule has 180 valence electrons. The minimum atomic E-state index is -4.01. The van der Waals surface area contributed by atoms with E-state index < -0.39 is 14.9 Å². The Morgan fingerprint density at radius 3 is 2.52 bits per heavy atom. The summed E-state index contributed by atoms with van der Waals surface area (Å²) in [5, 5.41) is 15.7. The van der Waals surface area contributed by atoms with Crippen molar-refractivity contribution in [3.05, 3.63) is 39.6 Å². The number of benzene rings is 1. The van der Waals surface area contributed by atoms with Gasteiger partial charge in [-0.2, -0.15) is 9.40 Å². The molecule has 0 saturated carbocycles. The van der Waals surface area contributed by atoms with Crippen LogP contribution in [-0.4, -0.2) is 64.9 Å². The average Bonchev–Trinajstić information content (AvgIpc) is 3.43. The third-order valence-corrected chi connectivity index (χ3v) is 7.49. The van der Waals surface area contributed by atoms with Gasteiger partial charge in [-0.05, 0) is 39.2 Å². The maximum Gasteiger partial charge on any atom is 0.274 e. The molecule has 0 radical (unpaired) electrons. The quantitative estimate of drug-likeness (QED) is 0.399. The van der Waals surface area contributed by atoms with Crippen LogP contribution < -0.4 is 4.74 Å². The van der Waals surface area contributed by atoms with E-state index >= 15 is 0 Å².